The highest BCUT2D eigenvalue weighted by molar-refractivity contribution is 6.04. The summed E-state index contributed by atoms with van der Waals surface area (Å²) in [6, 6.07) is 0. The number of rotatable bonds is 0. The van der Waals surface area contributed by atoms with E-state index in [1.54, 1.807) is 13.8 Å². The van der Waals surface area contributed by atoms with Crippen molar-refractivity contribution in [2.45, 2.75) is 13.8 Å². The van der Waals surface area contributed by atoms with Gasteiger partial charge in [0, 0.05) is 0 Å². The zero-order valence-corrected chi connectivity index (χ0v) is 5.72. The van der Waals surface area contributed by atoms with Crippen LogP contribution >= 0.6 is 0 Å². The normalized spacial score (nSPS) is 16.8. The van der Waals surface area contributed by atoms with Crippen molar-refractivity contribution < 1.29 is 14.3 Å². The van der Waals surface area contributed by atoms with Gasteiger partial charge in [0.05, 0.1) is 0 Å². The SMILES string of the molecule is CC(C)=C1NC(=O)OC1=O. The number of amides is 1. The summed E-state index contributed by atoms with van der Waals surface area (Å²) in [5, 5.41) is 2.27. The number of carbonyl (C=O) groups excluding carboxylic acids is 2. The number of hydrogen-bond donors (Lipinski definition) is 1. The Balaban J connectivity index is 2.93. The van der Waals surface area contributed by atoms with E-state index in [0.717, 1.165) is 5.57 Å². The first-order valence-corrected chi connectivity index (χ1v) is 2.82. The highest BCUT2D eigenvalue weighted by Crippen LogP contribution is 2.08. The van der Waals surface area contributed by atoms with E-state index in [-0.39, 0.29) is 5.70 Å². The number of allylic oxidation sites excluding steroid dienone is 1. The number of alkyl carbamates (subject to hydrolysis) is 1. The van der Waals surface area contributed by atoms with Crippen LogP contribution in [0.15, 0.2) is 11.3 Å². The fourth-order valence-corrected chi connectivity index (χ4v) is 0.643. The molecule has 0 aromatic carbocycles. The van der Waals surface area contributed by atoms with Gasteiger partial charge in [-0.2, -0.15) is 0 Å². The zero-order chi connectivity index (χ0) is 7.72. The van der Waals surface area contributed by atoms with Gasteiger partial charge in [0.25, 0.3) is 0 Å². The van der Waals surface area contributed by atoms with Crippen molar-refractivity contribution in [2.24, 2.45) is 0 Å². The monoisotopic (exact) mass is 141 g/mol. The molecule has 1 fully saturated rings. The van der Waals surface area contributed by atoms with Crippen molar-refractivity contribution in [1.82, 2.24) is 5.32 Å². The van der Waals surface area contributed by atoms with Crippen molar-refractivity contribution in [1.29, 1.82) is 0 Å². The molecule has 1 aliphatic rings. The molecule has 0 spiro atoms. The molecular weight excluding hydrogens is 134 g/mol. The highest BCUT2D eigenvalue weighted by Gasteiger charge is 2.26. The van der Waals surface area contributed by atoms with Crippen molar-refractivity contribution in [3.63, 3.8) is 0 Å². The summed E-state index contributed by atoms with van der Waals surface area (Å²) in [5.74, 6) is -0.593. The smallest absolute Gasteiger partial charge is 0.371 e. The molecule has 1 N–H and O–H groups in total. The van der Waals surface area contributed by atoms with Gasteiger partial charge in [0.2, 0.25) is 0 Å². The minimum Gasteiger partial charge on any atom is -0.371 e. The Labute approximate surface area is 57.9 Å². The number of carbonyl (C=O) groups is 2. The molecule has 0 bridgehead atoms. The molecule has 0 saturated carbocycles. The third kappa shape index (κ3) is 1.00. The van der Waals surface area contributed by atoms with Crippen LogP contribution in [0.1, 0.15) is 13.8 Å². The Bertz CT molecular complexity index is 225. The lowest BCUT2D eigenvalue weighted by molar-refractivity contribution is -0.130. The lowest BCUT2D eigenvalue weighted by atomic mass is 10.3. The van der Waals surface area contributed by atoms with Crippen molar-refractivity contribution in [3.05, 3.63) is 11.3 Å². The number of esters is 1. The van der Waals surface area contributed by atoms with Gasteiger partial charge in [-0.05, 0) is 19.4 Å². The van der Waals surface area contributed by atoms with Gasteiger partial charge in [-0.3, -0.25) is 5.32 Å². The summed E-state index contributed by atoms with van der Waals surface area (Å²) in [6.45, 7) is 3.45. The quantitative estimate of drug-likeness (QED) is 0.304. The Morgan fingerprint density at radius 2 is 2.00 bits per heavy atom. The standard InChI is InChI=1S/C6H7NO3/c1-3(2)4-5(8)10-6(9)7-4/h1-2H3,(H,7,9). The summed E-state index contributed by atoms with van der Waals surface area (Å²) < 4.78 is 4.19. The molecular formula is C6H7NO3. The second-order valence-corrected chi connectivity index (χ2v) is 2.18. The summed E-state index contributed by atoms with van der Waals surface area (Å²) >= 11 is 0. The molecule has 1 amide bonds. The number of nitrogens with one attached hydrogen (secondary N) is 1. The second-order valence-electron chi connectivity index (χ2n) is 2.18. The van der Waals surface area contributed by atoms with E-state index in [4.69, 9.17) is 0 Å². The Morgan fingerprint density at radius 1 is 1.40 bits per heavy atom. The minimum absolute atomic E-state index is 0.255. The number of hydrogen-bond acceptors (Lipinski definition) is 3. The molecule has 4 heteroatoms. The van der Waals surface area contributed by atoms with Crippen molar-refractivity contribution >= 4 is 12.1 Å². The summed E-state index contributed by atoms with van der Waals surface area (Å²) in [7, 11) is 0. The van der Waals surface area contributed by atoms with E-state index >= 15 is 0 Å². The van der Waals surface area contributed by atoms with Gasteiger partial charge in [0.1, 0.15) is 5.70 Å². The summed E-state index contributed by atoms with van der Waals surface area (Å²) in [6.07, 6.45) is -0.693. The topological polar surface area (TPSA) is 55.4 Å². The third-order valence-electron chi connectivity index (χ3n) is 1.12. The molecule has 0 radical (unpaired) electrons. The third-order valence-corrected chi connectivity index (χ3v) is 1.12. The fraction of sp³-hybridized carbons (Fsp3) is 0.333. The largest absolute Gasteiger partial charge is 0.419 e. The van der Waals surface area contributed by atoms with Gasteiger partial charge >= 0.3 is 12.1 Å². The van der Waals surface area contributed by atoms with Gasteiger partial charge in [-0.15, -0.1) is 0 Å². The van der Waals surface area contributed by atoms with E-state index in [0.29, 0.717) is 0 Å². The molecule has 1 saturated heterocycles. The van der Waals surface area contributed by atoms with Crippen LogP contribution in [0.3, 0.4) is 0 Å². The molecule has 4 nitrogen and oxygen atoms in total. The first-order chi connectivity index (χ1) is 4.61. The average molecular weight is 141 g/mol. The van der Waals surface area contributed by atoms with Crippen LogP contribution in [0.4, 0.5) is 4.79 Å². The highest BCUT2D eigenvalue weighted by atomic mass is 16.6. The first kappa shape index (κ1) is 6.80. The van der Waals surface area contributed by atoms with Crippen LogP contribution in [0.5, 0.6) is 0 Å². The Kier molecular flexibility index (Phi) is 1.45. The van der Waals surface area contributed by atoms with E-state index in [2.05, 4.69) is 10.1 Å². The molecule has 0 aromatic heterocycles. The predicted molar refractivity (Wildman–Crippen MR) is 33.0 cm³/mol. The lowest BCUT2D eigenvalue weighted by Crippen LogP contribution is -2.12. The van der Waals surface area contributed by atoms with Crippen LogP contribution in [0.25, 0.3) is 0 Å². The molecule has 0 atom stereocenters. The molecule has 54 valence electrons. The number of cyclic esters (lactones) is 2. The molecule has 0 aliphatic carbocycles. The lowest BCUT2D eigenvalue weighted by Gasteiger charge is -1.91. The Hall–Kier alpha value is -1.32. The predicted octanol–water partition coefficient (Wildman–Crippen LogP) is 0.547. The maximum atomic E-state index is 10.7. The molecule has 10 heavy (non-hydrogen) atoms. The summed E-state index contributed by atoms with van der Waals surface area (Å²) in [4.78, 5) is 21.0. The first-order valence-electron chi connectivity index (χ1n) is 2.82. The van der Waals surface area contributed by atoms with Gasteiger partial charge in [-0.1, -0.05) is 0 Å². The number of ether oxygens (including phenoxy) is 1. The van der Waals surface area contributed by atoms with E-state index in [1.165, 1.54) is 0 Å². The minimum atomic E-state index is -0.693. The molecule has 1 heterocycles. The van der Waals surface area contributed by atoms with Crippen molar-refractivity contribution in [3.8, 4) is 0 Å². The molecule has 1 aliphatic heterocycles. The van der Waals surface area contributed by atoms with Crippen LogP contribution in [0, 0.1) is 0 Å². The van der Waals surface area contributed by atoms with E-state index < -0.39 is 12.1 Å². The van der Waals surface area contributed by atoms with Crippen LogP contribution in [-0.4, -0.2) is 12.1 Å². The summed E-state index contributed by atoms with van der Waals surface area (Å²) in [5.41, 5.74) is 1.00. The van der Waals surface area contributed by atoms with Crippen LogP contribution in [0.2, 0.25) is 0 Å². The van der Waals surface area contributed by atoms with Gasteiger partial charge in [0.15, 0.2) is 0 Å². The van der Waals surface area contributed by atoms with Crippen LogP contribution in [-0.2, 0) is 9.53 Å². The van der Waals surface area contributed by atoms with Gasteiger partial charge < -0.3 is 4.74 Å². The van der Waals surface area contributed by atoms with E-state index in [9.17, 15) is 9.59 Å². The molecule has 0 unspecified atom stereocenters. The fourth-order valence-electron chi connectivity index (χ4n) is 0.643. The second kappa shape index (κ2) is 2.13. The molecule has 0 aromatic rings. The van der Waals surface area contributed by atoms with E-state index in [1.807, 2.05) is 0 Å². The van der Waals surface area contributed by atoms with Crippen molar-refractivity contribution in [2.75, 3.05) is 0 Å². The zero-order valence-electron chi connectivity index (χ0n) is 5.72. The van der Waals surface area contributed by atoms with Gasteiger partial charge in [-0.25, -0.2) is 9.59 Å². The maximum absolute atomic E-state index is 10.7. The molecule has 1 rings (SSSR count). The Morgan fingerprint density at radius 3 is 2.20 bits per heavy atom. The van der Waals surface area contributed by atoms with Crippen LogP contribution < -0.4 is 5.32 Å². The average Bonchev–Trinajstić information content (AvgIpc) is 2.10. The maximum Gasteiger partial charge on any atom is 0.419 e.